The Bertz CT molecular complexity index is 393. The quantitative estimate of drug-likeness (QED) is 0.863. The maximum absolute atomic E-state index is 11.3. The van der Waals surface area contributed by atoms with Crippen molar-refractivity contribution in [3.63, 3.8) is 0 Å². The number of nitrogens with zero attached hydrogens (tertiary/aromatic N) is 1. The lowest BCUT2D eigenvalue weighted by Gasteiger charge is -2.19. The molecule has 18 heavy (non-hydrogen) atoms. The number of carboxylic acid groups (broad SMARTS) is 1. The minimum absolute atomic E-state index is 0.191. The highest BCUT2D eigenvalue weighted by Gasteiger charge is 2.33. The first-order valence-corrected chi connectivity index (χ1v) is 6.26. The fourth-order valence-electron chi connectivity index (χ4n) is 2.41. The summed E-state index contributed by atoms with van der Waals surface area (Å²) in [5, 5.41) is 9.30. The molecule has 1 N–H and O–H groups in total. The number of carbonyl (C=O) groups is 1. The van der Waals surface area contributed by atoms with Crippen LogP contribution in [0, 0.1) is 11.8 Å². The second-order valence-electron chi connectivity index (χ2n) is 4.88. The van der Waals surface area contributed by atoms with Gasteiger partial charge in [0.05, 0.1) is 5.92 Å². The molecule has 0 radical (unpaired) electrons. The minimum atomic E-state index is -0.758. The van der Waals surface area contributed by atoms with E-state index in [1.807, 2.05) is 37.4 Å². The Kier molecular flexibility index (Phi) is 4.20. The first-order valence-electron chi connectivity index (χ1n) is 6.26. The Balaban J connectivity index is 1.93. The van der Waals surface area contributed by atoms with Crippen molar-refractivity contribution in [3.05, 3.63) is 30.3 Å². The van der Waals surface area contributed by atoms with Crippen LogP contribution >= 0.6 is 0 Å². The van der Waals surface area contributed by atoms with Gasteiger partial charge in [-0.2, -0.15) is 0 Å². The molecule has 1 aliphatic rings. The van der Waals surface area contributed by atoms with Gasteiger partial charge in [0.2, 0.25) is 0 Å². The molecule has 1 fully saturated rings. The van der Waals surface area contributed by atoms with E-state index in [0.717, 1.165) is 25.3 Å². The third-order valence-electron chi connectivity index (χ3n) is 3.49. The number of carboxylic acids is 1. The third-order valence-corrected chi connectivity index (χ3v) is 3.49. The van der Waals surface area contributed by atoms with Crippen LogP contribution in [0.5, 0.6) is 5.75 Å². The van der Waals surface area contributed by atoms with Crippen LogP contribution in [0.1, 0.15) is 6.42 Å². The molecule has 0 amide bonds. The predicted octanol–water partition coefficient (Wildman–Crippen LogP) is 1.72. The van der Waals surface area contributed by atoms with Crippen molar-refractivity contribution < 1.29 is 14.6 Å². The highest BCUT2D eigenvalue weighted by Crippen LogP contribution is 2.24. The molecule has 4 nitrogen and oxygen atoms in total. The molecule has 2 rings (SSSR count). The first-order chi connectivity index (χ1) is 8.66. The summed E-state index contributed by atoms with van der Waals surface area (Å²) in [6.45, 7) is 2.06. The number of likely N-dealkylation sites (tertiary alicyclic amines) is 1. The highest BCUT2D eigenvalue weighted by molar-refractivity contribution is 5.70. The van der Waals surface area contributed by atoms with Gasteiger partial charge in [0.25, 0.3) is 0 Å². The second kappa shape index (κ2) is 5.87. The van der Waals surface area contributed by atoms with E-state index in [2.05, 4.69) is 4.90 Å². The van der Waals surface area contributed by atoms with Gasteiger partial charge in [-0.3, -0.25) is 4.79 Å². The minimum Gasteiger partial charge on any atom is -0.493 e. The first kappa shape index (κ1) is 12.9. The summed E-state index contributed by atoms with van der Waals surface area (Å²) in [7, 11) is 2.02. The lowest BCUT2D eigenvalue weighted by atomic mass is 9.92. The molecule has 2 unspecified atom stereocenters. The molecule has 1 aromatic rings. The van der Waals surface area contributed by atoms with Crippen molar-refractivity contribution in [1.29, 1.82) is 0 Å². The molecule has 0 saturated carbocycles. The number of hydrogen-bond acceptors (Lipinski definition) is 3. The summed E-state index contributed by atoms with van der Waals surface area (Å²) < 4.78 is 5.58. The molecule has 4 heteroatoms. The van der Waals surface area contributed by atoms with Crippen LogP contribution in [0.25, 0.3) is 0 Å². The van der Waals surface area contributed by atoms with E-state index in [1.54, 1.807) is 0 Å². The SMILES string of the molecule is CN1CCC(C(COc2ccccc2)C(=O)O)C1. The van der Waals surface area contributed by atoms with Crippen LogP contribution < -0.4 is 4.74 Å². The zero-order valence-corrected chi connectivity index (χ0v) is 10.6. The lowest BCUT2D eigenvalue weighted by molar-refractivity contribution is -0.144. The van der Waals surface area contributed by atoms with E-state index in [4.69, 9.17) is 4.74 Å². The Morgan fingerprint density at radius 2 is 2.22 bits per heavy atom. The normalized spacial score (nSPS) is 21.7. The number of rotatable bonds is 5. The van der Waals surface area contributed by atoms with Gasteiger partial charge in [-0.15, -0.1) is 0 Å². The molecule has 0 spiro atoms. The van der Waals surface area contributed by atoms with Gasteiger partial charge in [0.15, 0.2) is 0 Å². The van der Waals surface area contributed by atoms with Crippen molar-refractivity contribution in [2.75, 3.05) is 26.7 Å². The van der Waals surface area contributed by atoms with Crippen molar-refractivity contribution >= 4 is 5.97 Å². The van der Waals surface area contributed by atoms with Gasteiger partial charge in [-0.25, -0.2) is 0 Å². The topological polar surface area (TPSA) is 49.8 Å². The van der Waals surface area contributed by atoms with E-state index in [1.165, 1.54) is 0 Å². The smallest absolute Gasteiger partial charge is 0.310 e. The maximum atomic E-state index is 11.3. The number of para-hydroxylation sites is 1. The van der Waals surface area contributed by atoms with E-state index < -0.39 is 11.9 Å². The van der Waals surface area contributed by atoms with E-state index in [9.17, 15) is 9.90 Å². The van der Waals surface area contributed by atoms with Gasteiger partial charge < -0.3 is 14.7 Å². The van der Waals surface area contributed by atoms with E-state index in [0.29, 0.717) is 0 Å². The summed E-state index contributed by atoms with van der Waals surface area (Å²) >= 11 is 0. The number of benzene rings is 1. The van der Waals surface area contributed by atoms with Gasteiger partial charge in [-0.1, -0.05) is 18.2 Å². The molecule has 98 valence electrons. The molecule has 0 bridgehead atoms. The second-order valence-corrected chi connectivity index (χ2v) is 4.88. The zero-order chi connectivity index (χ0) is 13.0. The van der Waals surface area contributed by atoms with Crippen molar-refractivity contribution in [3.8, 4) is 5.75 Å². The Labute approximate surface area is 107 Å². The van der Waals surface area contributed by atoms with Crippen molar-refractivity contribution in [2.24, 2.45) is 11.8 Å². The fraction of sp³-hybridized carbons (Fsp3) is 0.500. The average molecular weight is 249 g/mol. The molecular weight excluding hydrogens is 230 g/mol. The Hall–Kier alpha value is -1.55. The monoisotopic (exact) mass is 249 g/mol. The Morgan fingerprint density at radius 1 is 1.50 bits per heavy atom. The lowest BCUT2D eigenvalue weighted by Crippen LogP contribution is -2.31. The number of ether oxygens (including phenoxy) is 1. The van der Waals surface area contributed by atoms with Crippen LogP contribution in [-0.4, -0.2) is 42.7 Å². The molecular formula is C14H19NO3. The van der Waals surface area contributed by atoms with Gasteiger partial charge >= 0.3 is 5.97 Å². The summed E-state index contributed by atoms with van der Waals surface area (Å²) in [5.74, 6) is -0.257. The average Bonchev–Trinajstić information content (AvgIpc) is 2.77. The Morgan fingerprint density at radius 3 is 2.78 bits per heavy atom. The van der Waals surface area contributed by atoms with Crippen LogP contribution in [0.3, 0.4) is 0 Å². The largest absolute Gasteiger partial charge is 0.493 e. The van der Waals surface area contributed by atoms with Crippen LogP contribution in [0.15, 0.2) is 30.3 Å². The van der Waals surface area contributed by atoms with E-state index >= 15 is 0 Å². The summed E-state index contributed by atoms with van der Waals surface area (Å²) in [5.41, 5.74) is 0. The maximum Gasteiger partial charge on any atom is 0.310 e. The summed E-state index contributed by atoms with van der Waals surface area (Å²) in [6.07, 6.45) is 0.936. The summed E-state index contributed by atoms with van der Waals surface area (Å²) in [6, 6.07) is 9.37. The number of aliphatic carboxylic acids is 1. The van der Waals surface area contributed by atoms with Crippen LogP contribution in [0.2, 0.25) is 0 Å². The van der Waals surface area contributed by atoms with Gasteiger partial charge in [0, 0.05) is 6.54 Å². The van der Waals surface area contributed by atoms with Crippen molar-refractivity contribution in [2.45, 2.75) is 6.42 Å². The van der Waals surface area contributed by atoms with Crippen molar-refractivity contribution in [1.82, 2.24) is 4.90 Å². The van der Waals surface area contributed by atoms with Crippen LogP contribution in [0.4, 0.5) is 0 Å². The molecule has 1 saturated heterocycles. The molecule has 1 aliphatic heterocycles. The zero-order valence-electron chi connectivity index (χ0n) is 10.6. The third kappa shape index (κ3) is 3.23. The molecule has 2 atom stereocenters. The molecule has 0 aromatic heterocycles. The molecule has 1 aromatic carbocycles. The predicted molar refractivity (Wildman–Crippen MR) is 68.7 cm³/mol. The highest BCUT2D eigenvalue weighted by atomic mass is 16.5. The fourth-order valence-corrected chi connectivity index (χ4v) is 2.41. The molecule has 0 aliphatic carbocycles. The standard InChI is InChI=1S/C14H19NO3/c1-15-8-7-11(9-15)13(14(16)17)10-18-12-5-3-2-4-6-12/h2-6,11,13H,7-10H2,1H3,(H,16,17). The van der Waals surface area contributed by atoms with E-state index in [-0.39, 0.29) is 12.5 Å². The number of hydrogen-bond donors (Lipinski definition) is 1. The van der Waals surface area contributed by atoms with Gasteiger partial charge in [-0.05, 0) is 38.1 Å². The molecule has 1 heterocycles. The van der Waals surface area contributed by atoms with Crippen LogP contribution in [-0.2, 0) is 4.79 Å². The summed E-state index contributed by atoms with van der Waals surface area (Å²) in [4.78, 5) is 13.5. The van der Waals surface area contributed by atoms with Gasteiger partial charge in [0.1, 0.15) is 12.4 Å².